The molecule has 0 aromatic heterocycles. The molecule has 0 spiro atoms. The van der Waals surface area contributed by atoms with Gasteiger partial charge in [0.25, 0.3) is 11.8 Å². The molecule has 2 N–H and O–H groups in total. The number of carbonyl (C=O) groups excluding carboxylic acids is 2. The van der Waals surface area contributed by atoms with E-state index in [4.69, 9.17) is 14.2 Å². The summed E-state index contributed by atoms with van der Waals surface area (Å²) in [4.78, 5) is 25.2. The minimum Gasteiger partial charge on any atom is -0.493 e. The fourth-order valence-electron chi connectivity index (χ4n) is 3.97. The summed E-state index contributed by atoms with van der Waals surface area (Å²) in [6, 6.07) is 10.5. The highest BCUT2D eigenvalue weighted by Crippen LogP contribution is 2.27. The summed E-state index contributed by atoms with van der Waals surface area (Å²) in [5, 5.41) is 6.78. The van der Waals surface area contributed by atoms with E-state index >= 15 is 0 Å². The Kier molecular flexibility index (Phi) is 9.92. The minimum atomic E-state index is -0.758. The van der Waals surface area contributed by atoms with E-state index in [1.807, 2.05) is 26.0 Å². The predicted molar refractivity (Wildman–Crippen MR) is 140 cm³/mol. The highest BCUT2D eigenvalue weighted by Gasteiger charge is 2.24. The fraction of sp³-hybridized carbons (Fsp3) is 0.393. The minimum absolute atomic E-state index is 0.144. The van der Waals surface area contributed by atoms with Gasteiger partial charge in [-0.15, -0.1) is 0 Å². The molecule has 0 saturated carbocycles. The molecule has 0 aliphatic heterocycles. The summed E-state index contributed by atoms with van der Waals surface area (Å²) in [6.07, 6.45) is 7.66. The van der Waals surface area contributed by atoms with Gasteiger partial charge in [-0.2, -0.15) is 5.10 Å². The van der Waals surface area contributed by atoms with Crippen molar-refractivity contribution in [3.8, 4) is 17.2 Å². The molecule has 36 heavy (non-hydrogen) atoms. The summed E-state index contributed by atoms with van der Waals surface area (Å²) in [7, 11) is 1.55. The summed E-state index contributed by atoms with van der Waals surface area (Å²) >= 11 is 0. The van der Waals surface area contributed by atoms with E-state index in [-0.39, 0.29) is 18.4 Å². The summed E-state index contributed by atoms with van der Waals surface area (Å²) in [5.41, 5.74) is 5.85. The van der Waals surface area contributed by atoms with Crippen molar-refractivity contribution in [2.75, 3.05) is 20.3 Å². The number of fused-ring (bicyclic) bond motifs is 1. The van der Waals surface area contributed by atoms with Gasteiger partial charge in [0, 0.05) is 0 Å². The van der Waals surface area contributed by atoms with Crippen LogP contribution in [0.15, 0.2) is 54.2 Å². The summed E-state index contributed by atoms with van der Waals surface area (Å²) in [5.74, 6) is 0.857. The van der Waals surface area contributed by atoms with Crippen LogP contribution in [0.3, 0.4) is 0 Å². The standard InChI is InChI=1S/C28H35N3O5/c1-5-14-35-24-13-10-20(15-25(24)34-4)17-29-31-28(33)27(19(2)3)30-26(32)18-36-23-12-11-21-8-6-7-9-22(21)16-23/h5,10-13,15-17,19,27H,1,6-9,14,18H2,2-4H3,(H,30,32)(H,31,33)/t27-/m1/s1. The average Bonchev–Trinajstić information content (AvgIpc) is 2.89. The molecule has 1 aliphatic carbocycles. The molecule has 0 saturated heterocycles. The van der Waals surface area contributed by atoms with Crippen molar-refractivity contribution in [2.45, 2.75) is 45.6 Å². The van der Waals surface area contributed by atoms with Crippen molar-refractivity contribution in [3.05, 3.63) is 65.7 Å². The van der Waals surface area contributed by atoms with Gasteiger partial charge in [0.15, 0.2) is 18.1 Å². The Morgan fingerprint density at radius 2 is 1.83 bits per heavy atom. The smallest absolute Gasteiger partial charge is 0.262 e. The Hall–Kier alpha value is -3.81. The van der Waals surface area contributed by atoms with Crippen molar-refractivity contribution in [1.29, 1.82) is 0 Å². The van der Waals surface area contributed by atoms with Crippen LogP contribution < -0.4 is 25.0 Å². The number of rotatable bonds is 12. The Balaban J connectivity index is 1.53. The number of nitrogens with one attached hydrogen (secondary N) is 2. The number of hydrazone groups is 1. The number of hydrogen-bond donors (Lipinski definition) is 2. The molecule has 2 aromatic rings. The molecular weight excluding hydrogens is 458 g/mol. The lowest BCUT2D eigenvalue weighted by Crippen LogP contribution is -2.49. The molecule has 1 aliphatic rings. The van der Waals surface area contributed by atoms with E-state index < -0.39 is 11.9 Å². The van der Waals surface area contributed by atoms with Gasteiger partial charge in [0.1, 0.15) is 18.4 Å². The van der Waals surface area contributed by atoms with Crippen LogP contribution in [0, 0.1) is 5.92 Å². The van der Waals surface area contributed by atoms with Gasteiger partial charge < -0.3 is 19.5 Å². The molecule has 1 atom stereocenters. The van der Waals surface area contributed by atoms with E-state index in [0.29, 0.717) is 29.4 Å². The molecule has 3 rings (SSSR count). The second-order valence-corrected chi connectivity index (χ2v) is 8.96. The SMILES string of the molecule is C=CCOc1ccc(C=NNC(=O)[C@H](NC(=O)COc2ccc3c(c2)CCCC3)C(C)C)cc1OC. The third kappa shape index (κ3) is 7.60. The van der Waals surface area contributed by atoms with Gasteiger partial charge in [-0.3, -0.25) is 9.59 Å². The zero-order valence-electron chi connectivity index (χ0n) is 21.2. The van der Waals surface area contributed by atoms with Crippen molar-refractivity contribution < 1.29 is 23.8 Å². The molecule has 2 amide bonds. The number of nitrogens with zero attached hydrogens (tertiary/aromatic N) is 1. The maximum atomic E-state index is 12.7. The molecule has 0 unspecified atom stereocenters. The Morgan fingerprint density at radius 3 is 2.56 bits per heavy atom. The molecular formula is C28H35N3O5. The van der Waals surface area contributed by atoms with E-state index in [1.165, 1.54) is 30.2 Å². The van der Waals surface area contributed by atoms with Crippen LogP contribution in [0.4, 0.5) is 0 Å². The molecule has 8 nitrogen and oxygen atoms in total. The molecule has 0 bridgehead atoms. The quantitative estimate of drug-likeness (QED) is 0.266. The van der Waals surface area contributed by atoms with Crippen molar-refractivity contribution in [1.82, 2.24) is 10.7 Å². The van der Waals surface area contributed by atoms with Gasteiger partial charge in [0.2, 0.25) is 0 Å². The number of amides is 2. The second kappa shape index (κ2) is 13.3. The van der Waals surface area contributed by atoms with Crippen molar-refractivity contribution in [2.24, 2.45) is 11.0 Å². The number of benzene rings is 2. The Morgan fingerprint density at radius 1 is 1.06 bits per heavy atom. The zero-order chi connectivity index (χ0) is 25.9. The van der Waals surface area contributed by atoms with Crippen LogP contribution in [0.2, 0.25) is 0 Å². The van der Waals surface area contributed by atoms with Crippen LogP contribution in [0.1, 0.15) is 43.4 Å². The average molecular weight is 494 g/mol. The third-order valence-corrected chi connectivity index (χ3v) is 5.89. The van der Waals surface area contributed by atoms with Crippen LogP contribution >= 0.6 is 0 Å². The predicted octanol–water partition coefficient (Wildman–Crippen LogP) is 3.81. The molecule has 2 aromatic carbocycles. The van der Waals surface area contributed by atoms with Gasteiger partial charge in [0.05, 0.1) is 13.3 Å². The first-order valence-corrected chi connectivity index (χ1v) is 12.2. The van der Waals surface area contributed by atoms with Gasteiger partial charge in [-0.05, 0) is 78.6 Å². The van der Waals surface area contributed by atoms with Gasteiger partial charge in [-0.1, -0.05) is 32.6 Å². The highest BCUT2D eigenvalue weighted by molar-refractivity contribution is 5.89. The van der Waals surface area contributed by atoms with E-state index in [2.05, 4.69) is 28.5 Å². The Bertz CT molecular complexity index is 1100. The van der Waals surface area contributed by atoms with Crippen molar-refractivity contribution in [3.63, 3.8) is 0 Å². The zero-order valence-corrected chi connectivity index (χ0v) is 21.2. The van der Waals surface area contributed by atoms with Gasteiger partial charge in [-0.25, -0.2) is 5.43 Å². The number of ether oxygens (including phenoxy) is 3. The first-order chi connectivity index (χ1) is 17.4. The normalized spacial score (nSPS) is 13.6. The second-order valence-electron chi connectivity index (χ2n) is 8.96. The fourth-order valence-corrected chi connectivity index (χ4v) is 3.97. The van der Waals surface area contributed by atoms with Crippen LogP contribution in [-0.4, -0.2) is 44.4 Å². The van der Waals surface area contributed by atoms with Crippen LogP contribution in [-0.2, 0) is 22.4 Å². The lowest BCUT2D eigenvalue weighted by molar-refractivity contribution is -0.131. The first kappa shape index (κ1) is 26.8. The monoisotopic (exact) mass is 493 g/mol. The van der Waals surface area contributed by atoms with Crippen LogP contribution in [0.25, 0.3) is 0 Å². The van der Waals surface area contributed by atoms with E-state index in [1.54, 1.807) is 31.4 Å². The van der Waals surface area contributed by atoms with E-state index in [9.17, 15) is 9.59 Å². The number of methoxy groups -OCH3 is 1. The molecule has 0 fully saturated rings. The molecule has 8 heteroatoms. The molecule has 0 radical (unpaired) electrons. The van der Waals surface area contributed by atoms with Crippen molar-refractivity contribution >= 4 is 18.0 Å². The number of hydrogen-bond acceptors (Lipinski definition) is 6. The molecule has 192 valence electrons. The lowest BCUT2D eigenvalue weighted by atomic mass is 9.92. The summed E-state index contributed by atoms with van der Waals surface area (Å²) < 4.78 is 16.6. The Labute approximate surface area is 212 Å². The maximum Gasteiger partial charge on any atom is 0.262 e. The van der Waals surface area contributed by atoms with Crippen LogP contribution in [0.5, 0.6) is 17.2 Å². The number of aryl methyl sites for hydroxylation is 2. The third-order valence-electron chi connectivity index (χ3n) is 5.89. The topological polar surface area (TPSA) is 98.2 Å². The maximum absolute atomic E-state index is 12.7. The summed E-state index contributed by atoms with van der Waals surface area (Å²) in [6.45, 7) is 7.53. The largest absolute Gasteiger partial charge is 0.493 e. The van der Waals surface area contributed by atoms with Gasteiger partial charge >= 0.3 is 0 Å². The highest BCUT2D eigenvalue weighted by atomic mass is 16.5. The lowest BCUT2D eigenvalue weighted by Gasteiger charge is -2.21. The first-order valence-electron chi connectivity index (χ1n) is 12.2. The number of carbonyl (C=O) groups is 2. The molecule has 0 heterocycles. The van der Waals surface area contributed by atoms with E-state index in [0.717, 1.165) is 12.8 Å².